The van der Waals surface area contributed by atoms with E-state index in [-0.39, 0.29) is 12.5 Å². The molecule has 0 aliphatic carbocycles. The van der Waals surface area contributed by atoms with Crippen molar-refractivity contribution in [3.05, 3.63) is 24.3 Å². The highest BCUT2D eigenvalue weighted by Crippen LogP contribution is 2.17. The molecular formula is C14H19N3O2. The van der Waals surface area contributed by atoms with E-state index in [1.165, 1.54) is 0 Å². The van der Waals surface area contributed by atoms with Crippen LogP contribution < -0.4 is 15.4 Å². The number of hydrogen-bond donors (Lipinski definition) is 2. The van der Waals surface area contributed by atoms with Crippen LogP contribution in [0.5, 0.6) is 5.75 Å². The van der Waals surface area contributed by atoms with Gasteiger partial charge in [-0.05, 0) is 44.7 Å². The first-order chi connectivity index (χ1) is 8.99. The van der Waals surface area contributed by atoms with Crippen LogP contribution in [0.25, 0.3) is 0 Å². The van der Waals surface area contributed by atoms with E-state index in [4.69, 9.17) is 10.00 Å². The normalized spacial score (nSPS) is 10.6. The zero-order valence-electron chi connectivity index (χ0n) is 11.5. The molecule has 0 aliphatic heterocycles. The standard InChI is InChI=1S/C14H19N3O2/c1-4-16-14(2,3)13(18)17-11-5-7-12(8-6-11)19-10-9-15/h5-8,16H,4,10H2,1-3H3,(H,17,18). The summed E-state index contributed by atoms with van der Waals surface area (Å²) in [5.74, 6) is 0.505. The van der Waals surface area contributed by atoms with E-state index < -0.39 is 5.54 Å². The Kier molecular flexibility index (Phi) is 5.34. The van der Waals surface area contributed by atoms with Gasteiger partial charge in [0.05, 0.1) is 5.54 Å². The van der Waals surface area contributed by atoms with E-state index in [2.05, 4.69) is 10.6 Å². The zero-order chi connectivity index (χ0) is 14.3. The van der Waals surface area contributed by atoms with Crippen LogP contribution in [0.4, 0.5) is 5.69 Å². The third-order valence-corrected chi connectivity index (χ3v) is 2.60. The molecule has 0 heterocycles. The van der Waals surface area contributed by atoms with Crippen molar-refractivity contribution in [1.29, 1.82) is 5.26 Å². The van der Waals surface area contributed by atoms with Gasteiger partial charge in [-0.15, -0.1) is 0 Å². The summed E-state index contributed by atoms with van der Waals surface area (Å²) in [7, 11) is 0. The Labute approximate surface area is 113 Å². The van der Waals surface area contributed by atoms with Gasteiger partial charge in [0.1, 0.15) is 11.8 Å². The second-order valence-electron chi connectivity index (χ2n) is 4.58. The summed E-state index contributed by atoms with van der Waals surface area (Å²) >= 11 is 0. The second kappa shape index (κ2) is 6.76. The lowest BCUT2D eigenvalue weighted by Crippen LogP contribution is -2.49. The predicted molar refractivity (Wildman–Crippen MR) is 73.9 cm³/mol. The van der Waals surface area contributed by atoms with Crippen LogP contribution in [0.3, 0.4) is 0 Å². The van der Waals surface area contributed by atoms with Crippen LogP contribution in [0.2, 0.25) is 0 Å². The molecule has 0 unspecified atom stereocenters. The van der Waals surface area contributed by atoms with Crippen molar-refractivity contribution < 1.29 is 9.53 Å². The lowest BCUT2D eigenvalue weighted by atomic mass is 10.0. The van der Waals surface area contributed by atoms with Gasteiger partial charge in [0, 0.05) is 5.69 Å². The smallest absolute Gasteiger partial charge is 0.244 e. The van der Waals surface area contributed by atoms with Gasteiger partial charge in [-0.25, -0.2) is 0 Å². The monoisotopic (exact) mass is 261 g/mol. The molecule has 0 aromatic heterocycles. The lowest BCUT2D eigenvalue weighted by molar-refractivity contribution is -0.121. The average Bonchev–Trinajstić information content (AvgIpc) is 2.38. The van der Waals surface area contributed by atoms with Crippen LogP contribution in [-0.4, -0.2) is 24.6 Å². The van der Waals surface area contributed by atoms with E-state index in [0.29, 0.717) is 11.4 Å². The van der Waals surface area contributed by atoms with E-state index >= 15 is 0 Å². The molecule has 0 saturated heterocycles. The first-order valence-electron chi connectivity index (χ1n) is 6.16. The Morgan fingerprint density at radius 2 is 2.00 bits per heavy atom. The number of ether oxygens (including phenoxy) is 1. The molecule has 0 aliphatic rings. The minimum absolute atomic E-state index is 0.0131. The lowest BCUT2D eigenvalue weighted by Gasteiger charge is -2.24. The fraction of sp³-hybridized carbons (Fsp3) is 0.429. The third kappa shape index (κ3) is 4.60. The fourth-order valence-corrected chi connectivity index (χ4v) is 1.56. The van der Waals surface area contributed by atoms with Gasteiger partial charge in [-0.3, -0.25) is 4.79 Å². The number of carbonyl (C=O) groups excluding carboxylic acids is 1. The van der Waals surface area contributed by atoms with Crippen LogP contribution in [-0.2, 0) is 4.79 Å². The van der Waals surface area contributed by atoms with Gasteiger partial charge in [0.2, 0.25) is 5.91 Å². The summed E-state index contributed by atoms with van der Waals surface area (Å²) in [5, 5.41) is 14.3. The molecule has 2 N–H and O–H groups in total. The maximum absolute atomic E-state index is 12.0. The summed E-state index contributed by atoms with van der Waals surface area (Å²) in [4.78, 5) is 12.0. The van der Waals surface area contributed by atoms with Gasteiger partial charge < -0.3 is 15.4 Å². The van der Waals surface area contributed by atoms with Gasteiger partial charge >= 0.3 is 0 Å². The highest BCUT2D eigenvalue weighted by Gasteiger charge is 2.25. The van der Waals surface area contributed by atoms with Crippen molar-refractivity contribution in [2.45, 2.75) is 26.3 Å². The summed E-state index contributed by atoms with van der Waals surface area (Å²) in [6, 6.07) is 8.81. The van der Waals surface area contributed by atoms with E-state index in [1.807, 2.05) is 26.8 Å². The second-order valence-corrected chi connectivity index (χ2v) is 4.58. The Morgan fingerprint density at radius 3 is 2.53 bits per heavy atom. The number of hydrogen-bond acceptors (Lipinski definition) is 4. The Hall–Kier alpha value is -2.06. The Bertz CT molecular complexity index is 461. The van der Waals surface area contributed by atoms with Gasteiger partial charge in [0.15, 0.2) is 6.61 Å². The Morgan fingerprint density at radius 1 is 1.37 bits per heavy atom. The van der Waals surface area contributed by atoms with Crippen molar-refractivity contribution in [2.24, 2.45) is 0 Å². The SMILES string of the molecule is CCNC(C)(C)C(=O)Nc1ccc(OCC#N)cc1. The third-order valence-electron chi connectivity index (χ3n) is 2.60. The van der Waals surface area contributed by atoms with Crippen LogP contribution >= 0.6 is 0 Å². The summed E-state index contributed by atoms with van der Waals surface area (Å²) in [6.45, 7) is 6.35. The first-order valence-corrected chi connectivity index (χ1v) is 6.16. The molecule has 0 atom stereocenters. The van der Waals surface area contributed by atoms with E-state index in [0.717, 1.165) is 6.54 Å². The zero-order valence-corrected chi connectivity index (χ0v) is 11.5. The maximum atomic E-state index is 12.0. The maximum Gasteiger partial charge on any atom is 0.244 e. The summed E-state index contributed by atoms with van der Waals surface area (Å²) < 4.78 is 5.13. The number of rotatable bonds is 6. The molecule has 5 nitrogen and oxygen atoms in total. The molecule has 102 valence electrons. The molecule has 5 heteroatoms. The highest BCUT2D eigenvalue weighted by atomic mass is 16.5. The van der Waals surface area contributed by atoms with Crippen LogP contribution in [0.15, 0.2) is 24.3 Å². The van der Waals surface area contributed by atoms with Gasteiger partial charge in [-0.1, -0.05) is 6.92 Å². The minimum Gasteiger partial charge on any atom is -0.479 e. The number of likely N-dealkylation sites (N-methyl/N-ethyl adjacent to an activating group) is 1. The number of anilines is 1. The predicted octanol–water partition coefficient (Wildman–Crippen LogP) is 1.92. The van der Waals surface area contributed by atoms with Crippen LogP contribution in [0, 0.1) is 11.3 Å². The number of amides is 1. The minimum atomic E-state index is -0.620. The van der Waals surface area contributed by atoms with Gasteiger partial charge in [0.25, 0.3) is 0 Å². The molecule has 19 heavy (non-hydrogen) atoms. The molecule has 1 aromatic carbocycles. The topological polar surface area (TPSA) is 74.2 Å². The molecular weight excluding hydrogens is 242 g/mol. The molecule has 0 bridgehead atoms. The quantitative estimate of drug-likeness (QED) is 0.820. The number of carbonyl (C=O) groups is 1. The molecule has 1 aromatic rings. The molecule has 0 radical (unpaired) electrons. The van der Waals surface area contributed by atoms with Crippen molar-refractivity contribution in [2.75, 3.05) is 18.5 Å². The van der Waals surface area contributed by atoms with Crippen molar-refractivity contribution >= 4 is 11.6 Å². The van der Waals surface area contributed by atoms with Crippen molar-refractivity contribution in [3.63, 3.8) is 0 Å². The summed E-state index contributed by atoms with van der Waals surface area (Å²) in [5.41, 5.74) is 0.0744. The van der Waals surface area contributed by atoms with Crippen molar-refractivity contribution in [1.82, 2.24) is 5.32 Å². The van der Waals surface area contributed by atoms with Gasteiger partial charge in [-0.2, -0.15) is 5.26 Å². The molecule has 1 amide bonds. The number of nitrogens with one attached hydrogen (secondary N) is 2. The highest BCUT2D eigenvalue weighted by molar-refractivity contribution is 5.97. The molecule has 0 saturated carbocycles. The number of nitriles is 1. The average molecular weight is 261 g/mol. The molecule has 0 fully saturated rings. The summed E-state index contributed by atoms with van der Waals surface area (Å²) in [6.07, 6.45) is 0. The fourth-order valence-electron chi connectivity index (χ4n) is 1.56. The van der Waals surface area contributed by atoms with Crippen molar-refractivity contribution in [3.8, 4) is 11.8 Å². The Balaban J connectivity index is 2.63. The van der Waals surface area contributed by atoms with E-state index in [1.54, 1.807) is 24.3 Å². The molecule has 0 spiro atoms. The largest absolute Gasteiger partial charge is 0.479 e. The number of nitrogens with zero attached hydrogens (tertiary/aromatic N) is 1. The molecule has 1 rings (SSSR count). The van der Waals surface area contributed by atoms with E-state index in [9.17, 15) is 4.79 Å². The first kappa shape index (κ1) is 15.0. The number of benzene rings is 1. The van der Waals surface area contributed by atoms with Crippen LogP contribution in [0.1, 0.15) is 20.8 Å².